The number of carbonyl (C=O) groups excluding carboxylic acids is 2. The van der Waals surface area contributed by atoms with Crippen LogP contribution in [-0.2, 0) is 19.1 Å². The molecule has 5 heteroatoms. The van der Waals surface area contributed by atoms with E-state index in [2.05, 4.69) is 98.9 Å². The van der Waals surface area contributed by atoms with E-state index in [1.165, 1.54) is 148 Å². The van der Waals surface area contributed by atoms with Gasteiger partial charge in [0.15, 0.2) is 6.10 Å². The van der Waals surface area contributed by atoms with Gasteiger partial charge in [-0.2, -0.15) is 0 Å². The minimum atomic E-state index is -0.775. The summed E-state index contributed by atoms with van der Waals surface area (Å²) in [6.45, 7) is 3.98. The van der Waals surface area contributed by atoms with Crippen molar-refractivity contribution in [1.29, 1.82) is 0 Å². The summed E-state index contributed by atoms with van der Waals surface area (Å²) >= 11 is 0. The second-order valence-corrected chi connectivity index (χ2v) is 17.9. The molecule has 0 rings (SSSR count). The molecule has 0 radical (unpaired) electrons. The van der Waals surface area contributed by atoms with E-state index in [-0.39, 0.29) is 25.2 Å². The molecule has 0 fully saturated rings. The lowest BCUT2D eigenvalue weighted by molar-refractivity contribution is -0.161. The van der Waals surface area contributed by atoms with Gasteiger partial charge in [-0.25, -0.2) is 0 Å². The van der Waals surface area contributed by atoms with E-state index in [4.69, 9.17) is 9.47 Å². The third-order valence-electron chi connectivity index (χ3n) is 11.7. The molecule has 1 unspecified atom stereocenters. The van der Waals surface area contributed by atoms with Crippen molar-refractivity contribution < 1.29 is 24.2 Å². The van der Waals surface area contributed by atoms with E-state index in [9.17, 15) is 14.7 Å². The van der Waals surface area contributed by atoms with Crippen molar-refractivity contribution in [3.63, 3.8) is 0 Å². The molecule has 0 aromatic rings. The summed E-state index contributed by atoms with van der Waals surface area (Å²) in [5.74, 6) is -0.597. The topological polar surface area (TPSA) is 72.8 Å². The van der Waals surface area contributed by atoms with Crippen LogP contribution in [0.3, 0.4) is 0 Å². The maximum Gasteiger partial charge on any atom is 0.306 e. The van der Waals surface area contributed by atoms with Crippen LogP contribution in [-0.4, -0.2) is 36.4 Å². The lowest BCUT2D eigenvalue weighted by Gasteiger charge is -2.15. The Balaban J connectivity index is 3.43. The molecule has 0 amide bonds. The van der Waals surface area contributed by atoms with Crippen LogP contribution in [0, 0.1) is 0 Å². The Morgan fingerprint density at radius 1 is 0.375 bits per heavy atom. The Bertz CT molecular complexity index is 1190. The van der Waals surface area contributed by atoms with Crippen molar-refractivity contribution in [3.8, 4) is 0 Å². The highest BCUT2D eigenvalue weighted by molar-refractivity contribution is 5.70. The average Bonchev–Trinajstić information content (AvgIpc) is 3.30. The van der Waals surface area contributed by atoms with Crippen LogP contribution in [0.4, 0.5) is 0 Å². The van der Waals surface area contributed by atoms with Crippen molar-refractivity contribution in [3.05, 3.63) is 85.1 Å². The summed E-state index contributed by atoms with van der Waals surface area (Å²) in [6, 6.07) is 0. The number of aliphatic hydroxyl groups is 1. The molecule has 1 N–H and O–H groups in total. The van der Waals surface area contributed by atoms with Crippen LogP contribution in [0.25, 0.3) is 0 Å². The predicted molar refractivity (Wildman–Crippen MR) is 279 cm³/mol. The molecule has 0 aliphatic heterocycles. The number of esters is 2. The molecular weight excluding hydrogens is 789 g/mol. The number of aliphatic hydroxyl groups excluding tert-OH is 1. The fourth-order valence-corrected chi connectivity index (χ4v) is 7.60. The number of hydrogen-bond acceptors (Lipinski definition) is 5. The van der Waals surface area contributed by atoms with Gasteiger partial charge in [-0.1, -0.05) is 247 Å². The first-order chi connectivity index (χ1) is 31.6. The molecular formula is C59H102O5. The van der Waals surface area contributed by atoms with Gasteiger partial charge in [-0.05, 0) is 83.5 Å². The largest absolute Gasteiger partial charge is 0.462 e. The minimum Gasteiger partial charge on any atom is -0.462 e. The van der Waals surface area contributed by atoms with Crippen LogP contribution in [0.2, 0.25) is 0 Å². The van der Waals surface area contributed by atoms with Crippen LogP contribution in [0.5, 0.6) is 0 Å². The van der Waals surface area contributed by atoms with Gasteiger partial charge in [-0.3, -0.25) is 9.59 Å². The molecule has 0 saturated heterocycles. The first-order valence-corrected chi connectivity index (χ1v) is 27.1. The monoisotopic (exact) mass is 891 g/mol. The first kappa shape index (κ1) is 61.1. The molecule has 5 nitrogen and oxygen atoms in total. The summed E-state index contributed by atoms with van der Waals surface area (Å²) in [5.41, 5.74) is 0. The molecule has 0 aliphatic carbocycles. The minimum absolute atomic E-state index is 0.0695. The Morgan fingerprint density at radius 2 is 0.672 bits per heavy atom. The summed E-state index contributed by atoms with van der Waals surface area (Å²) < 4.78 is 10.6. The average molecular weight is 891 g/mol. The highest BCUT2D eigenvalue weighted by Gasteiger charge is 2.16. The fourth-order valence-electron chi connectivity index (χ4n) is 7.60. The summed E-state index contributed by atoms with van der Waals surface area (Å²) in [6.07, 6.45) is 75.7. The van der Waals surface area contributed by atoms with E-state index < -0.39 is 6.10 Å². The van der Waals surface area contributed by atoms with Crippen LogP contribution >= 0.6 is 0 Å². The molecule has 0 aromatic carbocycles. The Morgan fingerprint density at radius 3 is 1.03 bits per heavy atom. The number of carbonyl (C=O) groups is 2. The van der Waals surface area contributed by atoms with Crippen molar-refractivity contribution in [2.45, 2.75) is 264 Å². The van der Waals surface area contributed by atoms with Gasteiger partial charge in [-0.15, -0.1) is 0 Å². The highest BCUT2D eigenvalue weighted by atomic mass is 16.6. The summed E-state index contributed by atoms with van der Waals surface area (Å²) in [7, 11) is 0. The number of allylic oxidation sites excluding steroid dienone is 14. The SMILES string of the molecule is CC/C=C\C/C=C\C/C=C\C/C=C\C/C=C\C/C=C\CCCCCCCCCCCCCCCCCCCCCCC(=O)OC(CO)COC(=O)CCCCCCC/C=C\CCCC. The lowest BCUT2D eigenvalue weighted by atomic mass is 10.0. The van der Waals surface area contributed by atoms with Gasteiger partial charge in [0.25, 0.3) is 0 Å². The fraction of sp³-hybridized carbons (Fsp3) is 0.729. The molecule has 0 bridgehead atoms. The van der Waals surface area contributed by atoms with Gasteiger partial charge in [0.05, 0.1) is 6.61 Å². The zero-order valence-corrected chi connectivity index (χ0v) is 42.0. The van der Waals surface area contributed by atoms with Gasteiger partial charge in [0.1, 0.15) is 6.61 Å². The predicted octanol–water partition coefficient (Wildman–Crippen LogP) is 18.2. The van der Waals surface area contributed by atoms with Gasteiger partial charge in [0, 0.05) is 12.8 Å². The van der Waals surface area contributed by atoms with Crippen molar-refractivity contribution in [2.24, 2.45) is 0 Å². The molecule has 64 heavy (non-hydrogen) atoms. The van der Waals surface area contributed by atoms with Crippen molar-refractivity contribution in [1.82, 2.24) is 0 Å². The third-order valence-corrected chi connectivity index (χ3v) is 11.7. The normalized spacial score (nSPS) is 12.9. The molecule has 0 heterocycles. The maximum absolute atomic E-state index is 12.2. The zero-order valence-electron chi connectivity index (χ0n) is 42.0. The van der Waals surface area contributed by atoms with E-state index in [1.807, 2.05) is 0 Å². The van der Waals surface area contributed by atoms with E-state index in [0.29, 0.717) is 12.8 Å². The van der Waals surface area contributed by atoms with Crippen molar-refractivity contribution in [2.75, 3.05) is 13.2 Å². The number of ether oxygens (including phenoxy) is 2. The zero-order chi connectivity index (χ0) is 46.3. The highest BCUT2D eigenvalue weighted by Crippen LogP contribution is 2.16. The van der Waals surface area contributed by atoms with Gasteiger partial charge < -0.3 is 14.6 Å². The molecule has 0 aromatic heterocycles. The quantitative estimate of drug-likeness (QED) is 0.0374. The second kappa shape index (κ2) is 54.4. The maximum atomic E-state index is 12.2. The smallest absolute Gasteiger partial charge is 0.306 e. The first-order valence-electron chi connectivity index (χ1n) is 27.1. The third kappa shape index (κ3) is 51.7. The molecule has 0 saturated carbocycles. The number of unbranched alkanes of at least 4 members (excludes halogenated alkanes) is 27. The Labute approximate surface area is 396 Å². The number of hydrogen-bond donors (Lipinski definition) is 1. The standard InChI is InChI=1S/C59H102O5/c1-3-5-7-9-11-13-15-16-17-18-19-20-21-22-23-24-25-26-27-28-29-30-31-32-33-34-35-36-37-38-39-40-41-42-44-46-48-50-52-54-59(62)64-57(55-60)56-63-58(61)53-51-49-47-45-43-14-12-10-8-6-4-2/h5,7,10-13,16-17,19-20,22-23,25-26,57,60H,3-4,6,8-9,14-15,18,21,24,27-56H2,1-2H3/b7-5-,12-10-,13-11-,17-16-,20-19-,23-22-,26-25-. The van der Waals surface area contributed by atoms with Crippen LogP contribution in [0.15, 0.2) is 85.1 Å². The lowest BCUT2D eigenvalue weighted by Crippen LogP contribution is -2.28. The molecule has 0 aliphatic rings. The molecule has 1 atom stereocenters. The summed E-state index contributed by atoms with van der Waals surface area (Å²) in [4.78, 5) is 24.3. The van der Waals surface area contributed by atoms with Gasteiger partial charge in [0.2, 0.25) is 0 Å². The molecule has 0 spiro atoms. The Hall–Kier alpha value is -2.92. The second-order valence-electron chi connectivity index (χ2n) is 17.9. The molecule has 368 valence electrons. The Kier molecular flexibility index (Phi) is 51.9. The van der Waals surface area contributed by atoms with E-state index >= 15 is 0 Å². The van der Waals surface area contributed by atoms with Gasteiger partial charge >= 0.3 is 11.9 Å². The van der Waals surface area contributed by atoms with E-state index in [0.717, 1.165) is 83.5 Å². The van der Waals surface area contributed by atoms with Crippen molar-refractivity contribution >= 4 is 11.9 Å². The summed E-state index contributed by atoms with van der Waals surface area (Å²) in [5, 5.41) is 9.59. The van der Waals surface area contributed by atoms with E-state index in [1.54, 1.807) is 0 Å². The van der Waals surface area contributed by atoms with Crippen LogP contribution in [0.1, 0.15) is 258 Å². The van der Waals surface area contributed by atoms with Crippen LogP contribution < -0.4 is 0 Å². The number of rotatable bonds is 49.